The number of hydrogen-bond acceptors (Lipinski definition) is 15. The number of aromatic hydroxyl groups is 3. The Bertz CT molecular complexity index is 1480. The molecule has 42 heavy (non-hydrogen) atoms. The largest absolute Gasteiger partial charge is 0.508 e. The third kappa shape index (κ3) is 5.62. The van der Waals surface area contributed by atoms with Crippen molar-refractivity contribution in [2.45, 2.75) is 59.4 Å². The maximum absolute atomic E-state index is 12.9. The van der Waals surface area contributed by atoms with Crippen molar-refractivity contribution in [1.82, 2.24) is 0 Å². The molecule has 9 N–H and O–H groups in total. The van der Waals surface area contributed by atoms with Crippen LogP contribution < -0.4 is 10.2 Å². The molecule has 2 aliphatic heterocycles. The van der Waals surface area contributed by atoms with E-state index in [4.69, 9.17) is 23.4 Å². The molecule has 228 valence electrons. The molecule has 2 aliphatic rings. The quantitative estimate of drug-likeness (QED) is 0.110. The lowest BCUT2D eigenvalue weighted by Gasteiger charge is -2.45. The zero-order valence-corrected chi connectivity index (χ0v) is 23.5. The fourth-order valence-electron chi connectivity index (χ4n) is 4.65. The summed E-state index contributed by atoms with van der Waals surface area (Å²) in [6.07, 6.45) is -14.7. The van der Waals surface area contributed by atoms with Crippen LogP contribution in [0.1, 0.15) is 0 Å². The molecule has 15 nitrogen and oxygen atoms in total. The minimum atomic E-state index is -1.79. The molecule has 0 radical (unpaired) electrons. The highest BCUT2D eigenvalue weighted by molar-refractivity contribution is 14.1. The number of halogens is 1. The Morgan fingerprint density at radius 3 is 2.19 bits per heavy atom. The molecule has 0 saturated carbocycles. The summed E-state index contributed by atoms with van der Waals surface area (Å²) in [6.45, 7) is -0.749. The van der Waals surface area contributed by atoms with Crippen LogP contribution in [0.25, 0.3) is 22.3 Å². The van der Waals surface area contributed by atoms with E-state index in [-0.39, 0.29) is 33.8 Å². The van der Waals surface area contributed by atoms with Gasteiger partial charge in [-0.15, -0.1) is 0 Å². The zero-order chi connectivity index (χ0) is 30.5. The predicted molar refractivity (Wildman–Crippen MR) is 147 cm³/mol. The molecule has 10 atom stereocenters. The van der Waals surface area contributed by atoms with Crippen molar-refractivity contribution in [2.24, 2.45) is 0 Å². The number of ether oxygens (including phenoxy) is 4. The summed E-state index contributed by atoms with van der Waals surface area (Å²) in [6, 6.07) is 7.53. The number of aliphatic hydroxyl groups excluding tert-OH is 6. The van der Waals surface area contributed by atoms with E-state index in [1.165, 1.54) is 30.3 Å². The zero-order valence-electron chi connectivity index (χ0n) is 21.3. The molecule has 2 saturated heterocycles. The topological polar surface area (TPSA) is 249 Å². The lowest BCUT2D eigenvalue weighted by molar-refractivity contribution is -0.346. The summed E-state index contributed by atoms with van der Waals surface area (Å²) >= 11 is 1.66. The van der Waals surface area contributed by atoms with Crippen LogP contribution in [0.2, 0.25) is 0 Å². The van der Waals surface area contributed by atoms with Gasteiger partial charge in [-0.25, -0.2) is 0 Å². The van der Waals surface area contributed by atoms with Crippen molar-refractivity contribution in [1.29, 1.82) is 0 Å². The molecule has 0 spiro atoms. The summed E-state index contributed by atoms with van der Waals surface area (Å²) < 4.78 is 27.1. The van der Waals surface area contributed by atoms with Crippen LogP contribution in [0.5, 0.6) is 23.0 Å². The van der Waals surface area contributed by atoms with Gasteiger partial charge in [0.25, 0.3) is 0 Å². The molecular weight excluding hydrogens is 679 g/mol. The van der Waals surface area contributed by atoms with Crippen LogP contribution in [0, 0.1) is 0 Å². The Labute approximate surface area is 249 Å². The lowest BCUT2D eigenvalue weighted by atomic mass is 9.98. The molecule has 2 fully saturated rings. The molecule has 0 bridgehead atoms. The highest BCUT2D eigenvalue weighted by Gasteiger charge is 2.51. The molecule has 0 aliphatic carbocycles. The van der Waals surface area contributed by atoms with E-state index in [2.05, 4.69) is 0 Å². The van der Waals surface area contributed by atoms with Crippen molar-refractivity contribution in [2.75, 3.05) is 6.61 Å². The van der Waals surface area contributed by atoms with Crippen molar-refractivity contribution in [3.05, 3.63) is 46.6 Å². The van der Waals surface area contributed by atoms with E-state index in [1.54, 1.807) is 22.6 Å². The smallest absolute Gasteiger partial charge is 0.238 e. The van der Waals surface area contributed by atoms with Crippen molar-refractivity contribution in [3.63, 3.8) is 0 Å². The van der Waals surface area contributed by atoms with Gasteiger partial charge in [-0.2, -0.15) is 0 Å². The molecule has 0 unspecified atom stereocenters. The normalized spacial score (nSPS) is 33.5. The third-order valence-electron chi connectivity index (χ3n) is 6.93. The monoisotopic (exact) mass is 706 g/mol. The SMILES string of the molecule is O=c1c(O)c(-c2ccc(O)cc2)oc2cc(O[C@@H]3O[C@H](CO)[C@@H](O)[C@H](O)[C@H]3O[C@@H]3O[C@@H](I)[C@H](O)[C@@H](O)[C@H]3O)cc(O)c12. The standard InChI is InChI=1S/C26H27IO15/c27-24-20(36)17(33)21(37)25(42-24)41-23-18(34)15(31)13(7-28)40-26(23)38-10-5-11(30)14-12(6-10)39-22(19(35)16(14)32)8-1-3-9(29)4-2-8/h1-6,13,15,17-18,20-21,23-26,28-31,33-37H,7H2/t13-,15-,17-,18+,20-,21-,23-,24-,25-,26-/m1/s1. The van der Waals surface area contributed by atoms with Crippen LogP contribution >= 0.6 is 22.6 Å². The van der Waals surface area contributed by atoms with Crippen LogP contribution in [-0.4, -0.2) is 112 Å². The van der Waals surface area contributed by atoms with E-state index in [0.717, 1.165) is 6.07 Å². The first-order chi connectivity index (χ1) is 19.9. The number of hydrogen-bond donors (Lipinski definition) is 9. The Balaban J connectivity index is 1.50. The Morgan fingerprint density at radius 1 is 0.833 bits per heavy atom. The number of alkyl halides is 1. The maximum atomic E-state index is 12.9. The van der Waals surface area contributed by atoms with E-state index in [9.17, 15) is 50.8 Å². The van der Waals surface area contributed by atoms with Gasteiger partial charge < -0.3 is 69.3 Å². The molecule has 1 aromatic heterocycles. The molecule has 3 heterocycles. The molecule has 5 rings (SSSR count). The number of fused-ring (bicyclic) bond motifs is 1. The Hall–Kier alpha value is -2.78. The molecule has 0 amide bonds. The van der Waals surface area contributed by atoms with Gasteiger partial charge in [0, 0.05) is 17.7 Å². The van der Waals surface area contributed by atoms with Gasteiger partial charge in [-0.3, -0.25) is 4.79 Å². The summed E-state index contributed by atoms with van der Waals surface area (Å²) in [5.74, 6) is -2.01. The molecule has 3 aromatic rings. The van der Waals surface area contributed by atoms with Gasteiger partial charge in [0.15, 0.2) is 18.2 Å². The van der Waals surface area contributed by atoms with Crippen LogP contribution in [0.15, 0.2) is 45.6 Å². The first-order valence-corrected chi connectivity index (χ1v) is 13.8. The Kier molecular flexibility index (Phi) is 8.82. The van der Waals surface area contributed by atoms with Crippen LogP contribution in [0.3, 0.4) is 0 Å². The van der Waals surface area contributed by atoms with E-state index in [1.807, 2.05) is 0 Å². The average Bonchev–Trinajstić information content (AvgIpc) is 2.96. The van der Waals surface area contributed by atoms with E-state index < -0.39 is 83.0 Å². The number of aliphatic hydroxyl groups is 6. The van der Waals surface area contributed by atoms with Crippen LogP contribution in [0.4, 0.5) is 0 Å². The van der Waals surface area contributed by atoms with Gasteiger partial charge in [-0.05, 0) is 46.9 Å². The van der Waals surface area contributed by atoms with Gasteiger partial charge in [0.05, 0.1) is 6.61 Å². The van der Waals surface area contributed by atoms with Gasteiger partial charge in [-0.1, -0.05) is 0 Å². The average molecular weight is 706 g/mol. The summed E-state index contributed by atoms with van der Waals surface area (Å²) in [4.78, 5) is 12.9. The maximum Gasteiger partial charge on any atom is 0.238 e. The highest BCUT2D eigenvalue weighted by Crippen LogP contribution is 2.37. The van der Waals surface area contributed by atoms with Crippen molar-refractivity contribution in [3.8, 4) is 34.3 Å². The van der Waals surface area contributed by atoms with Crippen molar-refractivity contribution < 1.29 is 69.3 Å². The third-order valence-corrected chi connectivity index (χ3v) is 7.96. The number of phenols is 2. The first kappa shape index (κ1) is 30.7. The Morgan fingerprint density at radius 2 is 1.52 bits per heavy atom. The van der Waals surface area contributed by atoms with E-state index >= 15 is 0 Å². The van der Waals surface area contributed by atoms with Gasteiger partial charge >= 0.3 is 0 Å². The van der Waals surface area contributed by atoms with E-state index in [0.29, 0.717) is 0 Å². The van der Waals surface area contributed by atoms with Crippen LogP contribution in [-0.2, 0) is 14.2 Å². The molecule has 2 aromatic carbocycles. The second kappa shape index (κ2) is 12.1. The second-order valence-corrected chi connectivity index (χ2v) is 11.0. The van der Waals surface area contributed by atoms with Crippen molar-refractivity contribution >= 4 is 33.6 Å². The number of rotatable bonds is 6. The second-order valence-electron chi connectivity index (χ2n) is 9.72. The first-order valence-electron chi connectivity index (χ1n) is 12.5. The fraction of sp³-hybridized carbons (Fsp3) is 0.423. The molecule has 16 heteroatoms. The minimum absolute atomic E-state index is 0.0710. The number of phenolic OH excluding ortho intramolecular Hbond substituents is 2. The predicted octanol–water partition coefficient (Wildman–Crippen LogP) is -1.02. The highest BCUT2D eigenvalue weighted by atomic mass is 127. The number of benzene rings is 2. The molecular formula is C26H27IO15. The van der Waals surface area contributed by atoms with Gasteiger partial charge in [0.1, 0.15) is 69.0 Å². The lowest BCUT2D eigenvalue weighted by Crippen LogP contribution is -2.64. The minimum Gasteiger partial charge on any atom is -0.508 e. The summed E-state index contributed by atoms with van der Waals surface area (Å²) in [5.41, 5.74) is -0.969. The summed E-state index contributed by atoms with van der Waals surface area (Å²) in [7, 11) is 0. The summed E-state index contributed by atoms with van der Waals surface area (Å²) in [5, 5.41) is 91.6. The fourth-order valence-corrected chi connectivity index (χ4v) is 5.36. The van der Waals surface area contributed by atoms with Gasteiger partial charge in [0.2, 0.25) is 17.5 Å².